The van der Waals surface area contributed by atoms with Crippen molar-refractivity contribution in [1.29, 1.82) is 0 Å². The Kier molecular flexibility index (Phi) is 4.35. The molecule has 1 N–H and O–H groups in total. The van der Waals surface area contributed by atoms with E-state index in [-0.39, 0.29) is 0 Å². The van der Waals surface area contributed by atoms with Crippen molar-refractivity contribution in [3.63, 3.8) is 0 Å². The monoisotopic (exact) mass is 201 g/mol. The lowest BCUT2D eigenvalue weighted by atomic mass is 9.93. The quantitative estimate of drug-likeness (QED) is 0.699. The van der Waals surface area contributed by atoms with Crippen LogP contribution >= 0.6 is 0 Å². The van der Waals surface area contributed by atoms with Gasteiger partial charge in [-0.3, -0.25) is 4.90 Å². The van der Waals surface area contributed by atoms with Crippen molar-refractivity contribution in [3.8, 4) is 0 Å². The van der Waals surface area contributed by atoms with E-state index >= 15 is 0 Å². The van der Waals surface area contributed by atoms with Crippen molar-refractivity contribution >= 4 is 0 Å². The molecule has 1 fully saturated rings. The zero-order valence-electron chi connectivity index (χ0n) is 9.62. The summed E-state index contributed by atoms with van der Waals surface area (Å²) in [5, 5.41) is 10.0. The van der Waals surface area contributed by atoms with Crippen LogP contribution in [0.15, 0.2) is 0 Å². The summed E-state index contributed by atoms with van der Waals surface area (Å²) in [4.78, 5) is 2.32. The Hall–Kier alpha value is -0.120. The smallest absolute Gasteiger partial charge is 0.0768 e. The second kappa shape index (κ2) is 5.10. The molecule has 3 nitrogen and oxygen atoms in total. The number of aliphatic hydroxyl groups is 1. The van der Waals surface area contributed by atoms with Crippen molar-refractivity contribution in [2.75, 3.05) is 33.4 Å². The summed E-state index contributed by atoms with van der Waals surface area (Å²) in [6.07, 6.45) is 1.98. The van der Waals surface area contributed by atoms with Crippen LogP contribution in [0.2, 0.25) is 0 Å². The van der Waals surface area contributed by atoms with E-state index in [9.17, 15) is 5.11 Å². The van der Waals surface area contributed by atoms with Gasteiger partial charge in [0.05, 0.1) is 5.60 Å². The second-order valence-electron chi connectivity index (χ2n) is 4.71. The molecule has 0 radical (unpaired) electrons. The summed E-state index contributed by atoms with van der Waals surface area (Å²) in [6, 6.07) is 0. The molecule has 0 amide bonds. The van der Waals surface area contributed by atoms with Gasteiger partial charge in [-0.1, -0.05) is 13.3 Å². The van der Waals surface area contributed by atoms with Gasteiger partial charge >= 0.3 is 0 Å². The molecule has 0 bridgehead atoms. The van der Waals surface area contributed by atoms with Crippen LogP contribution in [-0.4, -0.2) is 49.0 Å². The third-order valence-corrected chi connectivity index (χ3v) is 3.02. The second-order valence-corrected chi connectivity index (χ2v) is 4.71. The predicted molar refractivity (Wildman–Crippen MR) is 57.3 cm³/mol. The molecule has 1 saturated heterocycles. The molecule has 1 aliphatic heterocycles. The molecule has 1 heterocycles. The summed E-state index contributed by atoms with van der Waals surface area (Å²) in [5.74, 6) is 0.855. The summed E-state index contributed by atoms with van der Waals surface area (Å²) < 4.78 is 4.97. The Morgan fingerprint density at radius 1 is 1.50 bits per heavy atom. The number of β-amino-alcohol motifs (C(OH)–C–C–N with tert-alkyl or cyclic N) is 1. The molecule has 1 atom stereocenters. The largest absolute Gasteiger partial charge is 0.389 e. The average molecular weight is 201 g/mol. The molecule has 1 aliphatic rings. The predicted octanol–water partition coefficient (Wildman–Crippen LogP) is 1.12. The Labute approximate surface area is 87.1 Å². The third-order valence-electron chi connectivity index (χ3n) is 3.02. The molecule has 1 unspecified atom stereocenters. The molecule has 0 aromatic heterocycles. The minimum atomic E-state index is -0.589. The molecule has 3 heteroatoms. The van der Waals surface area contributed by atoms with E-state index in [4.69, 9.17) is 4.74 Å². The topological polar surface area (TPSA) is 32.7 Å². The summed E-state index contributed by atoms with van der Waals surface area (Å²) in [5.41, 5.74) is -0.589. The highest BCUT2D eigenvalue weighted by Crippen LogP contribution is 2.22. The maximum absolute atomic E-state index is 10.0. The van der Waals surface area contributed by atoms with Gasteiger partial charge < -0.3 is 9.84 Å². The van der Waals surface area contributed by atoms with Gasteiger partial charge in [0.15, 0.2) is 0 Å². The molecule has 84 valence electrons. The lowest BCUT2D eigenvalue weighted by Crippen LogP contribution is -2.52. The molecule has 0 aromatic carbocycles. The first-order chi connectivity index (χ1) is 6.57. The van der Waals surface area contributed by atoms with Crippen LogP contribution in [0.1, 0.15) is 26.7 Å². The Balaban J connectivity index is 2.16. The van der Waals surface area contributed by atoms with Crippen molar-refractivity contribution in [2.45, 2.75) is 32.3 Å². The number of rotatable bonds is 6. The Bertz CT molecular complexity index is 165. The molecular weight excluding hydrogens is 178 g/mol. The normalized spacial score (nSPS) is 23.1. The number of hydrogen-bond donors (Lipinski definition) is 1. The molecule has 1 rings (SSSR count). The molecule has 0 spiro atoms. The van der Waals surface area contributed by atoms with Gasteiger partial charge in [0.1, 0.15) is 0 Å². The van der Waals surface area contributed by atoms with Crippen LogP contribution in [0.3, 0.4) is 0 Å². The maximum Gasteiger partial charge on any atom is 0.0768 e. The van der Waals surface area contributed by atoms with E-state index in [1.807, 2.05) is 6.92 Å². The number of methoxy groups -OCH3 is 1. The zero-order chi connectivity index (χ0) is 10.6. The van der Waals surface area contributed by atoms with Crippen LogP contribution < -0.4 is 0 Å². The van der Waals surface area contributed by atoms with E-state index in [0.29, 0.717) is 6.61 Å². The number of hydrogen-bond acceptors (Lipinski definition) is 3. The van der Waals surface area contributed by atoms with Crippen LogP contribution in [0.4, 0.5) is 0 Å². The molecule has 0 aliphatic carbocycles. The van der Waals surface area contributed by atoms with Crippen molar-refractivity contribution in [1.82, 2.24) is 4.90 Å². The van der Waals surface area contributed by atoms with Crippen LogP contribution in [-0.2, 0) is 4.74 Å². The van der Waals surface area contributed by atoms with Crippen LogP contribution in [0.25, 0.3) is 0 Å². The fourth-order valence-electron chi connectivity index (χ4n) is 1.95. The van der Waals surface area contributed by atoms with Gasteiger partial charge in [0, 0.05) is 39.8 Å². The SMILES string of the molecule is CCC1CN(CC(C)(O)CCOC)C1. The average Bonchev–Trinajstić information content (AvgIpc) is 2.07. The number of likely N-dealkylation sites (tertiary alicyclic amines) is 1. The number of ether oxygens (including phenoxy) is 1. The fraction of sp³-hybridized carbons (Fsp3) is 1.00. The lowest BCUT2D eigenvalue weighted by Gasteiger charge is -2.42. The van der Waals surface area contributed by atoms with E-state index in [0.717, 1.165) is 32.0 Å². The first kappa shape index (κ1) is 12.0. The van der Waals surface area contributed by atoms with Crippen LogP contribution in [0.5, 0.6) is 0 Å². The van der Waals surface area contributed by atoms with Gasteiger partial charge in [-0.2, -0.15) is 0 Å². The van der Waals surface area contributed by atoms with E-state index < -0.39 is 5.60 Å². The minimum absolute atomic E-state index is 0.589. The molecule has 0 aromatic rings. The minimum Gasteiger partial charge on any atom is -0.389 e. The summed E-state index contributed by atoms with van der Waals surface area (Å²) >= 11 is 0. The maximum atomic E-state index is 10.0. The van der Waals surface area contributed by atoms with Gasteiger partial charge in [-0.15, -0.1) is 0 Å². The van der Waals surface area contributed by atoms with Crippen molar-refractivity contribution in [2.24, 2.45) is 5.92 Å². The van der Waals surface area contributed by atoms with Crippen molar-refractivity contribution in [3.05, 3.63) is 0 Å². The third kappa shape index (κ3) is 3.56. The van der Waals surface area contributed by atoms with Gasteiger partial charge in [0.2, 0.25) is 0 Å². The lowest BCUT2D eigenvalue weighted by molar-refractivity contribution is -0.0360. The summed E-state index contributed by atoms with van der Waals surface area (Å²) in [7, 11) is 1.67. The van der Waals surface area contributed by atoms with E-state index in [1.165, 1.54) is 6.42 Å². The first-order valence-corrected chi connectivity index (χ1v) is 5.51. The van der Waals surface area contributed by atoms with E-state index in [2.05, 4.69) is 11.8 Å². The molecule has 14 heavy (non-hydrogen) atoms. The van der Waals surface area contributed by atoms with Gasteiger partial charge in [-0.05, 0) is 12.8 Å². The van der Waals surface area contributed by atoms with Gasteiger partial charge in [-0.25, -0.2) is 0 Å². The highest BCUT2D eigenvalue weighted by Gasteiger charge is 2.31. The first-order valence-electron chi connectivity index (χ1n) is 5.51. The highest BCUT2D eigenvalue weighted by atomic mass is 16.5. The highest BCUT2D eigenvalue weighted by molar-refractivity contribution is 4.85. The Morgan fingerprint density at radius 2 is 2.14 bits per heavy atom. The van der Waals surface area contributed by atoms with Crippen molar-refractivity contribution < 1.29 is 9.84 Å². The fourth-order valence-corrected chi connectivity index (χ4v) is 1.95. The Morgan fingerprint density at radius 3 is 2.64 bits per heavy atom. The standard InChI is InChI=1S/C11H23NO2/c1-4-10-7-12(8-10)9-11(2,13)5-6-14-3/h10,13H,4-9H2,1-3H3. The zero-order valence-corrected chi connectivity index (χ0v) is 9.62. The van der Waals surface area contributed by atoms with E-state index in [1.54, 1.807) is 7.11 Å². The van der Waals surface area contributed by atoms with Crippen LogP contribution in [0, 0.1) is 5.92 Å². The number of nitrogens with zero attached hydrogens (tertiary/aromatic N) is 1. The van der Waals surface area contributed by atoms with Gasteiger partial charge in [0.25, 0.3) is 0 Å². The summed E-state index contributed by atoms with van der Waals surface area (Å²) in [6.45, 7) is 7.85. The molecule has 0 saturated carbocycles. The molecular formula is C11H23NO2.